The number of amides is 4. The maximum absolute atomic E-state index is 13.5. The first kappa shape index (κ1) is 29.1. The number of carbonyl (C=O) groups excluding carboxylic acids is 3. The Hall–Kier alpha value is -4.36. The van der Waals surface area contributed by atoms with Crippen molar-refractivity contribution >= 4 is 28.9 Å². The summed E-state index contributed by atoms with van der Waals surface area (Å²) < 4.78 is 5.54. The van der Waals surface area contributed by atoms with Crippen molar-refractivity contribution in [2.45, 2.75) is 82.8 Å². The minimum atomic E-state index is -0.802. The van der Waals surface area contributed by atoms with Gasteiger partial charge >= 0.3 is 12.1 Å². The van der Waals surface area contributed by atoms with Crippen molar-refractivity contribution in [1.82, 2.24) is 25.4 Å². The highest BCUT2D eigenvalue weighted by molar-refractivity contribution is 5.97. The number of fused-ring (bicyclic) bond motifs is 2. The molecule has 0 spiro atoms. The second kappa shape index (κ2) is 12.2. The largest absolute Gasteiger partial charge is 0.444 e. The van der Waals surface area contributed by atoms with Gasteiger partial charge in [-0.05, 0) is 57.2 Å². The van der Waals surface area contributed by atoms with E-state index in [1.165, 1.54) is 4.90 Å². The van der Waals surface area contributed by atoms with Crippen LogP contribution >= 0.6 is 0 Å². The number of piperidine rings is 1. The molecule has 2 aliphatic heterocycles. The van der Waals surface area contributed by atoms with E-state index < -0.39 is 23.8 Å². The van der Waals surface area contributed by atoms with Crippen LogP contribution in [0.2, 0.25) is 0 Å². The van der Waals surface area contributed by atoms with Crippen LogP contribution in [-0.4, -0.2) is 69.1 Å². The van der Waals surface area contributed by atoms with Gasteiger partial charge in [0.05, 0.1) is 24.7 Å². The minimum Gasteiger partial charge on any atom is -0.444 e. The average Bonchev–Trinajstić information content (AvgIpc) is 3.36. The molecule has 10 heteroatoms. The summed E-state index contributed by atoms with van der Waals surface area (Å²) in [7, 11) is 0. The van der Waals surface area contributed by atoms with E-state index in [2.05, 4.69) is 21.7 Å². The number of hydrogen-bond donors (Lipinski definition) is 3. The lowest BCUT2D eigenvalue weighted by molar-refractivity contribution is -0.134. The number of ether oxygens (including phenoxy) is 1. The standard InChI is InChI=1S/C32H38N6O4/c1-32(2,3)42-30(40)36-26(16-22-19-34-24-13-8-7-12-23(22)24)27(18-33)35-25-14-9-15-37-28(25)17-29(39)38(31(37)41)20-21-10-5-4-6-11-21/h4-8,10-13,19,25-28,34-35H,9,14-17,20H2,1-3H3,(H,36,40)/t25-,26-,27?,28+/m0/s1. The molecule has 0 bridgehead atoms. The molecule has 4 atom stereocenters. The molecule has 5 rings (SSSR count). The number of alkyl carbamates (subject to hydrolysis) is 1. The monoisotopic (exact) mass is 570 g/mol. The fourth-order valence-corrected chi connectivity index (χ4v) is 5.94. The smallest absolute Gasteiger partial charge is 0.407 e. The van der Waals surface area contributed by atoms with Crippen LogP contribution in [-0.2, 0) is 22.5 Å². The van der Waals surface area contributed by atoms with Crippen LogP contribution in [0.25, 0.3) is 10.9 Å². The lowest BCUT2D eigenvalue weighted by atomic mass is 9.89. The summed E-state index contributed by atoms with van der Waals surface area (Å²) in [6.45, 7) is 6.14. The van der Waals surface area contributed by atoms with E-state index in [0.29, 0.717) is 19.4 Å². The first-order valence-corrected chi connectivity index (χ1v) is 14.5. The van der Waals surface area contributed by atoms with E-state index in [0.717, 1.165) is 28.5 Å². The van der Waals surface area contributed by atoms with E-state index in [4.69, 9.17) is 4.74 Å². The topological polar surface area (TPSA) is 131 Å². The van der Waals surface area contributed by atoms with Gasteiger partial charge in [0, 0.05) is 36.1 Å². The van der Waals surface area contributed by atoms with Gasteiger partial charge in [-0.2, -0.15) is 5.26 Å². The van der Waals surface area contributed by atoms with Crippen molar-refractivity contribution < 1.29 is 19.1 Å². The normalized spacial score (nSPS) is 20.5. The first-order chi connectivity index (χ1) is 20.1. The average molecular weight is 571 g/mol. The summed E-state index contributed by atoms with van der Waals surface area (Å²) in [6, 6.07) is 17.3. The molecule has 3 aromatic rings. The number of imide groups is 1. The van der Waals surface area contributed by atoms with Gasteiger partial charge in [0.1, 0.15) is 11.6 Å². The van der Waals surface area contributed by atoms with Crippen molar-refractivity contribution in [3.8, 4) is 6.07 Å². The van der Waals surface area contributed by atoms with Crippen LogP contribution in [0.5, 0.6) is 0 Å². The van der Waals surface area contributed by atoms with Crippen LogP contribution in [0, 0.1) is 11.3 Å². The number of para-hydroxylation sites is 1. The van der Waals surface area contributed by atoms with Gasteiger partial charge in [-0.3, -0.25) is 15.0 Å². The fraction of sp³-hybridized carbons (Fsp3) is 0.438. The molecule has 220 valence electrons. The number of benzene rings is 2. The Kier molecular flexibility index (Phi) is 8.50. The lowest BCUT2D eigenvalue weighted by Gasteiger charge is -2.47. The predicted molar refractivity (Wildman–Crippen MR) is 158 cm³/mol. The third-order valence-electron chi connectivity index (χ3n) is 7.88. The molecule has 1 aromatic heterocycles. The van der Waals surface area contributed by atoms with E-state index in [-0.39, 0.29) is 37.0 Å². The number of carbonyl (C=O) groups is 3. The van der Waals surface area contributed by atoms with Gasteiger partial charge in [0.2, 0.25) is 5.91 Å². The van der Waals surface area contributed by atoms with Gasteiger partial charge in [0.15, 0.2) is 0 Å². The van der Waals surface area contributed by atoms with Crippen molar-refractivity contribution in [2.24, 2.45) is 0 Å². The van der Waals surface area contributed by atoms with Gasteiger partial charge in [0.25, 0.3) is 0 Å². The van der Waals surface area contributed by atoms with Gasteiger partial charge in [-0.15, -0.1) is 0 Å². The van der Waals surface area contributed by atoms with E-state index >= 15 is 0 Å². The summed E-state index contributed by atoms with van der Waals surface area (Å²) >= 11 is 0. The molecule has 4 amide bonds. The molecule has 2 fully saturated rings. The molecule has 10 nitrogen and oxygen atoms in total. The molecule has 3 N–H and O–H groups in total. The fourth-order valence-electron chi connectivity index (χ4n) is 5.94. The van der Waals surface area contributed by atoms with Crippen LogP contribution < -0.4 is 10.6 Å². The molecule has 2 aliphatic rings. The quantitative estimate of drug-likeness (QED) is 0.366. The van der Waals surface area contributed by atoms with Crippen molar-refractivity contribution in [3.63, 3.8) is 0 Å². The molecule has 0 saturated carbocycles. The molecule has 2 aromatic carbocycles. The number of hydrogen-bond acceptors (Lipinski definition) is 6. The summed E-state index contributed by atoms with van der Waals surface area (Å²) in [5.41, 5.74) is 2.11. The molecule has 0 aliphatic carbocycles. The lowest BCUT2D eigenvalue weighted by Crippen LogP contribution is -2.66. The summed E-state index contributed by atoms with van der Waals surface area (Å²) in [6.07, 6.45) is 3.26. The van der Waals surface area contributed by atoms with Crippen LogP contribution in [0.15, 0.2) is 60.8 Å². The number of nitrogens with zero attached hydrogens (tertiary/aromatic N) is 3. The first-order valence-electron chi connectivity index (χ1n) is 14.5. The highest BCUT2D eigenvalue weighted by Gasteiger charge is 2.45. The van der Waals surface area contributed by atoms with Crippen molar-refractivity contribution in [2.75, 3.05) is 6.54 Å². The Morgan fingerprint density at radius 2 is 1.88 bits per heavy atom. The number of rotatable bonds is 8. The van der Waals surface area contributed by atoms with Crippen molar-refractivity contribution in [1.29, 1.82) is 5.26 Å². The molecule has 0 radical (unpaired) electrons. The van der Waals surface area contributed by atoms with Crippen LogP contribution in [0.3, 0.4) is 0 Å². The van der Waals surface area contributed by atoms with Crippen LogP contribution in [0.4, 0.5) is 9.59 Å². The molecular weight excluding hydrogens is 532 g/mol. The zero-order valence-corrected chi connectivity index (χ0v) is 24.3. The van der Waals surface area contributed by atoms with E-state index in [1.807, 2.05) is 60.8 Å². The number of aromatic amines is 1. The van der Waals surface area contributed by atoms with E-state index in [1.54, 1.807) is 25.7 Å². The second-order valence-electron chi connectivity index (χ2n) is 12.1. The number of nitrogens with one attached hydrogen (secondary N) is 3. The summed E-state index contributed by atoms with van der Waals surface area (Å²) in [4.78, 5) is 45.9. The molecule has 3 heterocycles. The zero-order valence-electron chi connectivity index (χ0n) is 24.3. The third-order valence-corrected chi connectivity index (χ3v) is 7.88. The highest BCUT2D eigenvalue weighted by atomic mass is 16.6. The minimum absolute atomic E-state index is 0.168. The molecule has 2 saturated heterocycles. The molecule has 1 unspecified atom stereocenters. The number of H-pyrrole nitrogens is 1. The molecular formula is C32H38N6O4. The second-order valence-corrected chi connectivity index (χ2v) is 12.1. The zero-order chi connectivity index (χ0) is 29.9. The van der Waals surface area contributed by atoms with Gasteiger partial charge in [-0.25, -0.2) is 9.59 Å². The SMILES string of the molecule is CC(C)(C)OC(=O)N[C@@H](Cc1c[nH]c2ccccc12)C(C#N)N[C@H]1CCCN2C(=O)N(Cc3ccccc3)C(=O)C[C@H]12. The van der Waals surface area contributed by atoms with Gasteiger partial charge < -0.3 is 19.9 Å². The maximum atomic E-state index is 13.5. The number of urea groups is 1. The highest BCUT2D eigenvalue weighted by Crippen LogP contribution is 2.29. The summed E-state index contributed by atoms with van der Waals surface area (Å²) in [5, 5.41) is 17.7. The Morgan fingerprint density at radius 1 is 1.14 bits per heavy atom. The Labute approximate surface area is 246 Å². The van der Waals surface area contributed by atoms with E-state index in [9.17, 15) is 19.6 Å². The number of nitriles is 1. The Balaban J connectivity index is 1.35. The summed E-state index contributed by atoms with van der Waals surface area (Å²) in [5.74, 6) is -0.227. The third kappa shape index (κ3) is 6.58. The van der Waals surface area contributed by atoms with Crippen molar-refractivity contribution in [3.05, 3.63) is 71.9 Å². The predicted octanol–water partition coefficient (Wildman–Crippen LogP) is 4.47. The van der Waals surface area contributed by atoms with Crippen LogP contribution in [0.1, 0.15) is 51.2 Å². The molecule has 42 heavy (non-hydrogen) atoms. The Morgan fingerprint density at radius 3 is 2.62 bits per heavy atom. The number of aromatic nitrogens is 1. The Bertz CT molecular complexity index is 1470. The van der Waals surface area contributed by atoms with Gasteiger partial charge in [-0.1, -0.05) is 48.5 Å². The maximum Gasteiger partial charge on any atom is 0.407 e.